The Kier molecular flexibility index (Phi) is 8.70. The smallest absolute Gasteiger partial charge is 0.0716 e. The van der Waals surface area contributed by atoms with Gasteiger partial charge >= 0.3 is 0 Å². The lowest BCUT2D eigenvalue weighted by atomic mass is 10.1. The second-order valence-corrected chi connectivity index (χ2v) is 8.48. The molecule has 0 unspecified atom stereocenters. The molecule has 0 aromatic heterocycles. The van der Waals surface area contributed by atoms with Gasteiger partial charge in [-0.05, 0) is 72.4 Å². The summed E-state index contributed by atoms with van der Waals surface area (Å²) in [7, 11) is 0. The molecule has 4 rings (SSSR count). The topological polar surface area (TPSA) is 12.5 Å². The van der Waals surface area contributed by atoms with E-state index in [-0.39, 0.29) is 0 Å². The molecule has 0 radical (unpaired) electrons. The van der Waals surface area contributed by atoms with Gasteiger partial charge in [-0.3, -0.25) is 0 Å². The van der Waals surface area contributed by atoms with E-state index in [4.69, 9.17) is 4.74 Å². The van der Waals surface area contributed by atoms with Crippen LogP contribution < -0.4 is 4.90 Å². The van der Waals surface area contributed by atoms with Crippen molar-refractivity contribution in [1.29, 1.82) is 0 Å². The first-order valence-electron chi connectivity index (χ1n) is 12.1. The molecule has 2 heteroatoms. The molecule has 0 fully saturated rings. The highest BCUT2D eigenvalue weighted by Crippen LogP contribution is 2.34. The maximum absolute atomic E-state index is 5.84. The van der Waals surface area contributed by atoms with Crippen LogP contribution in [0.1, 0.15) is 36.0 Å². The Morgan fingerprint density at radius 3 is 1.74 bits per heavy atom. The van der Waals surface area contributed by atoms with Crippen LogP contribution >= 0.6 is 0 Å². The van der Waals surface area contributed by atoms with E-state index in [1.807, 2.05) is 6.08 Å². The van der Waals surface area contributed by atoms with Crippen LogP contribution in [-0.2, 0) is 17.8 Å². The monoisotopic (exact) mass is 447 g/mol. The van der Waals surface area contributed by atoms with Crippen LogP contribution in [0.25, 0.3) is 6.08 Å². The van der Waals surface area contributed by atoms with E-state index in [0.717, 1.165) is 36.4 Å². The highest BCUT2D eigenvalue weighted by atomic mass is 16.5. The summed E-state index contributed by atoms with van der Waals surface area (Å²) >= 11 is 0. The lowest BCUT2D eigenvalue weighted by molar-refractivity contribution is 0.117. The summed E-state index contributed by atoms with van der Waals surface area (Å²) in [5.41, 5.74) is 7.25. The number of anilines is 3. The van der Waals surface area contributed by atoms with Gasteiger partial charge in [-0.15, -0.1) is 0 Å². The van der Waals surface area contributed by atoms with E-state index in [1.54, 1.807) is 0 Å². The molecule has 4 aromatic rings. The number of aryl methyl sites for hydroxylation is 1. The zero-order valence-corrected chi connectivity index (χ0v) is 19.8. The molecular weight excluding hydrogens is 414 g/mol. The van der Waals surface area contributed by atoms with Crippen molar-refractivity contribution in [3.05, 3.63) is 132 Å². The summed E-state index contributed by atoms with van der Waals surface area (Å²) in [6, 6.07) is 38.4. The Morgan fingerprint density at radius 2 is 1.15 bits per heavy atom. The predicted octanol–water partition coefficient (Wildman–Crippen LogP) is 8.73. The van der Waals surface area contributed by atoms with E-state index >= 15 is 0 Å². The Labute approximate surface area is 204 Å². The van der Waals surface area contributed by atoms with Crippen molar-refractivity contribution in [2.45, 2.75) is 32.3 Å². The first kappa shape index (κ1) is 23.5. The molecule has 4 aromatic carbocycles. The Balaban J connectivity index is 1.24. The summed E-state index contributed by atoms with van der Waals surface area (Å²) < 4.78 is 5.84. The third-order valence-corrected chi connectivity index (χ3v) is 5.96. The fraction of sp³-hybridized carbons (Fsp3) is 0.188. The molecule has 0 saturated carbocycles. The van der Waals surface area contributed by atoms with Crippen LogP contribution in [0.4, 0.5) is 17.1 Å². The highest BCUT2D eigenvalue weighted by molar-refractivity contribution is 5.76. The number of rotatable bonds is 12. The average molecular weight is 448 g/mol. The van der Waals surface area contributed by atoms with E-state index in [2.05, 4.69) is 121 Å². The Hall–Kier alpha value is -3.62. The number of para-hydroxylation sites is 2. The fourth-order valence-electron chi connectivity index (χ4n) is 4.06. The van der Waals surface area contributed by atoms with Crippen LogP contribution in [0.15, 0.2) is 116 Å². The number of nitrogens with zero attached hydrogens (tertiary/aromatic N) is 1. The molecule has 0 saturated heterocycles. The highest BCUT2D eigenvalue weighted by Gasteiger charge is 2.11. The minimum Gasteiger partial charge on any atom is -0.377 e. The van der Waals surface area contributed by atoms with E-state index in [9.17, 15) is 0 Å². The van der Waals surface area contributed by atoms with E-state index in [1.165, 1.54) is 29.7 Å². The molecule has 0 amide bonds. The van der Waals surface area contributed by atoms with Crippen molar-refractivity contribution in [3.63, 3.8) is 0 Å². The molecule has 172 valence electrons. The van der Waals surface area contributed by atoms with Crippen LogP contribution in [0, 0.1) is 0 Å². The zero-order valence-electron chi connectivity index (χ0n) is 19.8. The normalized spacial score (nSPS) is 10.7. The van der Waals surface area contributed by atoms with Gasteiger partial charge in [-0.2, -0.15) is 0 Å². The van der Waals surface area contributed by atoms with Gasteiger partial charge in [0.05, 0.1) is 6.61 Å². The third kappa shape index (κ3) is 6.69. The van der Waals surface area contributed by atoms with Gasteiger partial charge in [0, 0.05) is 23.7 Å². The van der Waals surface area contributed by atoms with Crippen LogP contribution in [0.3, 0.4) is 0 Å². The third-order valence-electron chi connectivity index (χ3n) is 5.96. The lowest BCUT2D eigenvalue weighted by Gasteiger charge is -2.25. The van der Waals surface area contributed by atoms with Crippen molar-refractivity contribution < 1.29 is 4.74 Å². The summed E-state index contributed by atoms with van der Waals surface area (Å²) in [5.74, 6) is 0. The quantitative estimate of drug-likeness (QED) is 0.201. The predicted molar refractivity (Wildman–Crippen MR) is 145 cm³/mol. The molecule has 0 bridgehead atoms. The first-order valence-corrected chi connectivity index (χ1v) is 12.1. The molecule has 34 heavy (non-hydrogen) atoms. The number of ether oxygens (including phenoxy) is 1. The number of hydrogen-bond acceptors (Lipinski definition) is 2. The maximum Gasteiger partial charge on any atom is 0.0716 e. The largest absolute Gasteiger partial charge is 0.377 e. The first-order chi connectivity index (χ1) is 16.8. The number of hydrogen-bond donors (Lipinski definition) is 0. The van der Waals surface area contributed by atoms with Crippen molar-refractivity contribution in [1.82, 2.24) is 0 Å². The molecule has 0 N–H and O–H groups in total. The van der Waals surface area contributed by atoms with Gasteiger partial charge in [0.1, 0.15) is 0 Å². The van der Waals surface area contributed by atoms with Crippen molar-refractivity contribution in [3.8, 4) is 0 Å². The molecule has 0 atom stereocenters. The van der Waals surface area contributed by atoms with Gasteiger partial charge in [0.2, 0.25) is 0 Å². The summed E-state index contributed by atoms with van der Waals surface area (Å²) in [6.45, 7) is 5.28. The van der Waals surface area contributed by atoms with Crippen LogP contribution in [0.5, 0.6) is 0 Å². The van der Waals surface area contributed by atoms with Gasteiger partial charge < -0.3 is 9.64 Å². The standard InChI is InChI=1S/C32H33NO/c1-2-27-17-19-29(20-18-27)26-34-25-11-5-6-12-28-21-23-32(24-22-28)33(30-13-7-3-8-14-30)31-15-9-4-10-16-31/h2-4,7-10,13-24H,1,5-6,11-12,25-26H2. The molecule has 2 nitrogen and oxygen atoms in total. The van der Waals surface area contributed by atoms with Crippen LogP contribution in [0.2, 0.25) is 0 Å². The Bertz CT molecular complexity index is 1080. The molecule has 0 aliphatic carbocycles. The van der Waals surface area contributed by atoms with Crippen molar-refractivity contribution in [2.75, 3.05) is 11.5 Å². The van der Waals surface area contributed by atoms with Crippen LogP contribution in [-0.4, -0.2) is 6.61 Å². The summed E-state index contributed by atoms with van der Waals surface area (Å²) in [6.07, 6.45) is 6.41. The summed E-state index contributed by atoms with van der Waals surface area (Å²) in [5, 5.41) is 0. The van der Waals surface area contributed by atoms with E-state index in [0.29, 0.717) is 6.61 Å². The average Bonchev–Trinajstić information content (AvgIpc) is 2.91. The second kappa shape index (κ2) is 12.6. The number of benzene rings is 4. The van der Waals surface area contributed by atoms with Gasteiger partial charge in [-0.25, -0.2) is 0 Å². The zero-order chi connectivity index (χ0) is 23.4. The minimum absolute atomic E-state index is 0.679. The SMILES string of the molecule is C=Cc1ccc(COCCCCCc2ccc(N(c3ccccc3)c3ccccc3)cc2)cc1. The fourth-order valence-corrected chi connectivity index (χ4v) is 4.06. The second-order valence-electron chi connectivity index (χ2n) is 8.48. The van der Waals surface area contributed by atoms with Gasteiger partial charge in [0.15, 0.2) is 0 Å². The molecular formula is C32H33NO. The van der Waals surface area contributed by atoms with Crippen molar-refractivity contribution in [2.24, 2.45) is 0 Å². The lowest BCUT2D eigenvalue weighted by Crippen LogP contribution is -2.09. The molecule has 0 spiro atoms. The minimum atomic E-state index is 0.679. The van der Waals surface area contributed by atoms with Gasteiger partial charge in [-0.1, -0.05) is 91.9 Å². The van der Waals surface area contributed by atoms with Gasteiger partial charge in [0.25, 0.3) is 0 Å². The molecule has 0 aliphatic rings. The maximum atomic E-state index is 5.84. The summed E-state index contributed by atoms with van der Waals surface area (Å²) in [4.78, 5) is 2.30. The van der Waals surface area contributed by atoms with E-state index < -0.39 is 0 Å². The molecule has 0 aliphatic heterocycles. The Morgan fingerprint density at radius 1 is 0.588 bits per heavy atom. The molecule has 0 heterocycles. The number of unbranched alkanes of at least 4 members (excludes halogenated alkanes) is 2. The van der Waals surface area contributed by atoms with Crippen molar-refractivity contribution >= 4 is 23.1 Å².